The van der Waals surface area contributed by atoms with Crippen molar-refractivity contribution in [3.05, 3.63) is 23.8 Å². The lowest BCUT2D eigenvalue weighted by atomic mass is 10.1. The van der Waals surface area contributed by atoms with Crippen molar-refractivity contribution in [3.8, 4) is 11.5 Å². The van der Waals surface area contributed by atoms with Gasteiger partial charge in [0.2, 0.25) is 0 Å². The molecule has 1 fully saturated rings. The standard InChI is InChI=1S/C21H34F3N5O2.HI/c1-5-25-20(26-8-9-27(2)16-21(22,23)24)29-12-10-28(11-13-29)15-17-6-7-18(30-3)19(14-17)31-4;/h6-7,14H,5,8-13,15-16H2,1-4H3,(H,25,26);1H. The van der Waals surface area contributed by atoms with Crippen LogP contribution in [0, 0.1) is 0 Å². The number of methoxy groups -OCH3 is 2. The Morgan fingerprint density at radius 2 is 1.78 bits per heavy atom. The summed E-state index contributed by atoms with van der Waals surface area (Å²) in [6.07, 6.45) is -4.19. The Bertz CT molecular complexity index is 713. The minimum atomic E-state index is -4.19. The Hall–Kier alpha value is -1.47. The molecule has 0 unspecified atom stereocenters. The number of rotatable bonds is 9. The predicted octanol–water partition coefficient (Wildman–Crippen LogP) is 2.90. The van der Waals surface area contributed by atoms with Crippen molar-refractivity contribution in [3.63, 3.8) is 0 Å². The van der Waals surface area contributed by atoms with Crippen LogP contribution in [0.25, 0.3) is 0 Å². The second-order valence-corrected chi connectivity index (χ2v) is 7.54. The molecule has 0 amide bonds. The van der Waals surface area contributed by atoms with E-state index in [0.29, 0.717) is 18.8 Å². The smallest absolute Gasteiger partial charge is 0.401 e. The molecule has 0 radical (unpaired) electrons. The summed E-state index contributed by atoms with van der Waals surface area (Å²) in [7, 11) is 4.71. The molecule has 0 atom stereocenters. The van der Waals surface area contributed by atoms with Crippen molar-refractivity contribution in [2.24, 2.45) is 4.99 Å². The molecule has 1 aromatic carbocycles. The highest BCUT2D eigenvalue weighted by molar-refractivity contribution is 14.0. The van der Waals surface area contributed by atoms with Crippen LogP contribution in [0.2, 0.25) is 0 Å². The van der Waals surface area contributed by atoms with Crippen LogP contribution in [-0.2, 0) is 6.54 Å². The van der Waals surface area contributed by atoms with Gasteiger partial charge in [0.25, 0.3) is 0 Å². The van der Waals surface area contributed by atoms with E-state index in [1.165, 1.54) is 11.9 Å². The van der Waals surface area contributed by atoms with E-state index >= 15 is 0 Å². The molecule has 2 rings (SSSR count). The first-order chi connectivity index (χ1) is 14.8. The van der Waals surface area contributed by atoms with E-state index in [2.05, 4.69) is 20.1 Å². The lowest BCUT2D eigenvalue weighted by Gasteiger charge is -2.36. The summed E-state index contributed by atoms with van der Waals surface area (Å²) >= 11 is 0. The average Bonchev–Trinajstić information content (AvgIpc) is 2.72. The van der Waals surface area contributed by atoms with Crippen molar-refractivity contribution >= 4 is 29.9 Å². The molecule has 1 aliphatic heterocycles. The fourth-order valence-corrected chi connectivity index (χ4v) is 3.49. The normalized spacial score (nSPS) is 15.5. The predicted molar refractivity (Wildman–Crippen MR) is 131 cm³/mol. The van der Waals surface area contributed by atoms with Gasteiger partial charge in [-0.2, -0.15) is 13.2 Å². The third-order valence-corrected chi connectivity index (χ3v) is 5.05. The maximum atomic E-state index is 12.5. The molecule has 32 heavy (non-hydrogen) atoms. The molecular formula is C21H35F3IN5O2. The lowest BCUT2D eigenvalue weighted by Crippen LogP contribution is -2.52. The second kappa shape index (κ2) is 13.9. The van der Waals surface area contributed by atoms with Crippen molar-refractivity contribution < 1.29 is 22.6 Å². The molecule has 1 saturated heterocycles. The number of guanidine groups is 1. The number of nitrogens with zero attached hydrogens (tertiary/aromatic N) is 4. The van der Waals surface area contributed by atoms with Gasteiger partial charge in [-0.05, 0) is 31.7 Å². The van der Waals surface area contributed by atoms with Crippen molar-refractivity contribution in [2.45, 2.75) is 19.6 Å². The highest BCUT2D eigenvalue weighted by atomic mass is 127. The largest absolute Gasteiger partial charge is 0.493 e. The van der Waals surface area contributed by atoms with Gasteiger partial charge in [-0.15, -0.1) is 24.0 Å². The van der Waals surface area contributed by atoms with Crippen LogP contribution in [-0.4, -0.2) is 100 Å². The molecule has 1 aliphatic rings. The molecule has 7 nitrogen and oxygen atoms in total. The summed E-state index contributed by atoms with van der Waals surface area (Å²) in [6.45, 7) is 6.50. The topological polar surface area (TPSA) is 52.6 Å². The molecule has 0 aromatic heterocycles. The van der Waals surface area contributed by atoms with Gasteiger partial charge in [-0.25, -0.2) is 0 Å². The molecule has 11 heteroatoms. The molecule has 0 bridgehead atoms. The minimum absolute atomic E-state index is 0. The highest BCUT2D eigenvalue weighted by Crippen LogP contribution is 2.28. The van der Waals surface area contributed by atoms with E-state index in [-0.39, 0.29) is 30.5 Å². The van der Waals surface area contributed by atoms with Gasteiger partial charge in [0, 0.05) is 45.8 Å². The van der Waals surface area contributed by atoms with Crippen LogP contribution < -0.4 is 14.8 Å². The highest BCUT2D eigenvalue weighted by Gasteiger charge is 2.29. The zero-order valence-corrected chi connectivity index (χ0v) is 21.6. The lowest BCUT2D eigenvalue weighted by molar-refractivity contribution is -0.142. The number of likely N-dealkylation sites (N-methyl/N-ethyl adjacent to an activating group) is 1. The van der Waals surface area contributed by atoms with Gasteiger partial charge in [0.05, 0.1) is 27.3 Å². The Labute approximate surface area is 205 Å². The number of ether oxygens (including phenoxy) is 2. The van der Waals surface area contributed by atoms with Gasteiger partial charge >= 0.3 is 6.18 Å². The molecule has 184 valence electrons. The van der Waals surface area contributed by atoms with Crippen LogP contribution in [0.15, 0.2) is 23.2 Å². The number of alkyl halides is 3. The van der Waals surface area contributed by atoms with Crippen LogP contribution in [0.3, 0.4) is 0 Å². The van der Waals surface area contributed by atoms with Crippen molar-refractivity contribution in [1.82, 2.24) is 20.0 Å². The Morgan fingerprint density at radius 3 is 2.34 bits per heavy atom. The minimum Gasteiger partial charge on any atom is -0.493 e. The van der Waals surface area contributed by atoms with E-state index in [1.807, 2.05) is 25.1 Å². The quantitative estimate of drug-likeness (QED) is 0.279. The summed E-state index contributed by atoms with van der Waals surface area (Å²) in [5.41, 5.74) is 1.15. The zero-order chi connectivity index (χ0) is 22.9. The van der Waals surface area contributed by atoms with E-state index in [0.717, 1.165) is 50.0 Å². The van der Waals surface area contributed by atoms with Gasteiger partial charge in [0.15, 0.2) is 17.5 Å². The summed E-state index contributed by atoms with van der Waals surface area (Å²) in [5.74, 6) is 2.19. The second-order valence-electron chi connectivity index (χ2n) is 7.54. The van der Waals surface area contributed by atoms with E-state index in [4.69, 9.17) is 9.47 Å². The van der Waals surface area contributed by atoms with E-state index < -0.39 is 12.7 Å². The number of piperazine rings is 1. The Balaban J connectivity index is 0.00000512. The maximum Gasteiger partial charge on any atom is 0.401 e. The third-order valence-electron chi connectivity index (χ3n) is 5.05. The van der Waals surface area contributed by atoms with Crippen LogP contribution in [0.4, 0.5) is 13.2 Å². The summed E-state index contributed by atoms with van der Waals surface area (Å²) in [5, 5.41) is 3.25. The van der Waals surface area contributed by atoms with Gasteiger partial charge in [-0.1, -0.05) is 6.07 Å². The first-order valence-electron chi connectivity index (χ1n) is 10.5. The van der Waals surface area contributed by atoms with E-state index in [9.17, 15) is 13.2 Å². The number of aliphatic imine (C=N–C) groups is 1. The summed E-state index contributed by atoms with van der Waals surface area (Å²) in [6, 6.07) is 5.95. The van der Waals surface area contributed by atoms with E-state index in [1.54, 1.807) is 14.2 Å². The molecule has 1 heterocycles. The SMILES string of the molecule is CCNC(=NCCN(C)CC(F)(F)F)N1CCN(Cc2ccc(OC)c(OC)c2)CC1.I. The number of hydrogen-bond donors (Lipinski definition) is 1. The number of nitrogens with one attached hydrogen (secondary N) is 1. The first-order valence-corrected chi connectivity index (χ1v) is 10.5. The third kappa shape index (κ3) is 9.57. The number of benzene rings is 1. The van der Waals surface area contributed by atoms with Gasteiger partial charge in [-0.3, -0.25) is 14.8 Å². The first kappa shape index (κ1) is 28.6. The van der Waals surface area contributed by atoms with Crippen molar-refractivity contribution in [2.75, 3.05) is 73.6 Å². The Morgan fingerprint density at radius 1 is 1.12 bits per heavy atom. The summed E-state index contributed by atoms with van der Waals surface area (Å²) < 4.78 is 48.1. The van der Waals surface area contributed by atoms with Crippen LogP contribution in [0.1, 0.15) is 12.5 Å². The Kier molecular flexibility index (Phi) is 12.4. The van der Waals surface area contributed by atoms with Crippen LogP contribution in [0.5, 0.6) is 11.5 Å². The maximum absolute atomic E-state index is 12.5. The molecule has 0 aliphatic carbocycles. The molecule has 0 saturated carbocycles. The fraction of sp³-hybridized carbons (Fsp3) is 0.667. The number of halogens is 4. The zero-order valence-electron chi connectivity index (χ0n) is 19.2. The van der Waals surface area contributed by atoms with Crippen LogP contribution >= 0.6 is 24.0 Å². The van der Waals surface area contributed by atoms with Gasteiger partial charge < -0.3 is 19.7 Å². The molecule has 0 spiro atoms. The monoisotopic (exact) mass is 573 g/mol. The summed E-state index contributed by atoms with van der Waals surface area (Å²) in [4.78, 5) is 10.3. The molecule has 1 aromatic rings. The molecule has 1 N–H and O–H groups in total. The number of hydrogen-bond acceptors (Lipinski definition) is 5. The fourth-order valence-electron chi connectivity index (χ4n) is 3.49. The van der Waals surface area contributed by atoms with Crippen molar-refractivity contribution in [1.29, 1.82) is 0 Å². The average molecular weight is 573 g/mol. The van der Waals surface area contributed by atoms with Gasteiger partial charge in [0.1, 0.15) is 0 Å². The molecular weight excluding hydrogens is 538 g/mol.